The summed E-state index contributed by atoms with van der Waals surface area (Å²) in [5.41, 5.74) is 6.45. The average Bonchev–Trinajstić information content (AvgIpc) is 2.40. The molecule has 0 aliphatic carbocycles. The summed E-state index contributed by atoms with van der Waals surface area (Å²) in [6.45, 7) is 0. The largest absolute Gasteiger partial charge is 0.369 e. The first kappa shape index (κ1) is 12.6. The van der Waals surface area contributed by atoms with Crippen molar-refractivity contribution in [2.45, 2.75) is 16.6 Å². The first-order chi connectivity index (χ1) is 8.75. The molecule has 1 amide bonds. The van der Waals surface area contributed by atoms with Crippen molar-refractivity contribution in [3.05, 3.63) is 60.4 Å². The number of amides is 1. The van der Waals surface area contributed by atoms with E-state index in [0.717, 1.165) is 10.5 Å². The molecule has 4 heteroatoms. The summed E-state index contributed by atoms with van der Waals surface area (Å²) < 4.78 is 0. The Labute approximate surface area is 110 Å². The summed E-state index contributed by atoms with van der Waals surface area (Å²) in [5, 5.41) is -0.281. The number of aromatic nitrogens is 1. The third kappa shape index (κ3) is 3.60. The third-order valence-corrected chi connectivity index (χ3v) is 3.66. The molecule has 1 aromatic carbocycles. The molecule has 0 aliphatic rings. The smallest absolute Gasteiger partial charge is 0.231 e. The van der Waals surface area contributed by atoms with Crippen molar-refractivity contribution in [2.75, 3.05) is 0 Å². The zero-order valence-corrected chi connectivity index (χ0v) is 10.6. The molecule has 0 spiro atoms. The van der Waals surface area contributed by atoms with Gasteiger partial charge in [0, 0.05) is 17.3 Å². The molecule has 0 saturated carbocycles. The van der Waals surface area contributed by atoms with Gasteiger partial charge in [0.15, 0.2) is 0 Å². The number of thioether (sulfide) groups is 1. The molecule has 0 aliphatic heterocycles. The van der Waals surface area contributed by atoms with E-state index in [1.54, 1.807) is 12.4 Å². The molecule has 2 aromatic rings. The van der Waals surface area contributed by atoms with Crippen LogP contribution in [0.25, 0.3) is 0 Å². The normalized spacial score (nSPS) is 12.0. The molecule has 2 rings (SSSR count). The molecule has 3 nitrogen and oxygen atoms in total. The van der Waals surface area contributed by atoms with Gasteiger partial charge in [0.1, 0.15) is 0 Å². The summed E-state index contributed by atoms with van der Waals surface area (Å²) in [6.07, 6.45) is 4.06. The predicted molar refractivity (Wildman–Crippen MR) is 72.1 cm³/mol. The van der Waals surface area contributed by atoms with Crippen LogP contribution in [0.2, 0.25) is 0 Å². The maximum atomic E-state index is 11.5. The van der Waals surface area contributed by atoms with E-state index in [1.165, 1.54) is 11.8 Å². The minimum Gasteiger partial charge on any atom is -0.369 e. The Kier molecular flexibility index (Phi) is 4.36. The van der Waals surface area contributed by atoms with E-state index in [9.17, 15) is 4.79 Å². The van der Waals surface area contributed by atoms with Crippen molar-refractivity contribution < 1.29 is 4.79 Å². The van der Waals surface area contributed by atoms with E-state index < -0.39 is 0 Å². The number of nitrogens with zero attached hydrogens (tertiary/aromatic N) is 1. The second-order valence-electron chi connectivity index (χ2n) is 3.81. The van der Waals surface area contributed by atoms with E-state index in [1.807, 2.05) is 36.4 Å². The molecule has 2 N–H and O–H groups in total. The van der Waals surface area contributed by atoms with Crippen molar-refractivity contribution in [3.8, 4) is 0 Å². The number of pyridine rings is 1. The van der Waals surface area contributed by atoms with Gasteiger partial charge in [-0.1, -0.05) is 18.2 Å². The van der Waals surface area contributed by atoms with Gasteiger partial charge in [-0.15, -0.1) is 11.8 Å². The Morgan fingerprint density at radius 3 is 2.78 bits per heavy atom. The highest BCUT2D eigenvalue weighted by atomic mass is 32.2. The molecule has 91 valence electrons. The summed E-state index contributed by atoms with van der Waals surface area (Å²) in [6, 6.07) is 14.2. The molecule has 0 fully saturated rings. The van der Waals surface area contributed by atoms with Crippen LogP contribution in [0.15, 0.2) is 53.7 Å². The monoisotopic (exact) mass is 257 g/mol. The summed E-state index contributed by atoms with van der Waals surface area (Å²) >= 11 is 1.47. The number of rotatable bonds is 5. The Balaban J connectivity index is 2.08. The minimum atomic E-state index is -0.309. The van der Waals surface area contributed by atoms with Crippen LogP contribution >= 0.6 is 11.8 Å². The third-order valence-electron chi connectivity index (χ3n) is 2.43. The first-order valence-electron chi connectivity index (χ1n) is 5.56. The topological polar surface area (TPSA) is 56.0 Å². The molecule has 0 bridgehead atoms. The van der Waals surface area contributed by atoms with Crippen LogP contribution in [0, 0.1) is 6.07 Å². The lowest BCUT2D eigenvalue weighted by molar-refractivity contribution is -0.117. The van der Waals surface area contributed by atoms with Crippen molar-refractivity contribution in [1.82, 2.24) is 4.98 Å². The standard InChI is InChI=1S/C14H13N2OS/c15-14(17)13(9-11-5-4-8-16-10-11)18-12-6-2-1-3-7-12/h2-8,10,13H,9H2,(H2,15,17). The van der Waals surface area contributed by atoms with Gasteiger partial charge in [-0.25, -0.2) is 0 Å². The van der Waals surface area contributed by atoms with Crippen molar-refractivity contribution in [2.24, 2.45) is 5.73 Å². The van der Waals surface area contributed by atoms with Crippen LogP contribution in [0.3, 0.4) is 0 Å². The maximum absolute atomic E-state index is 11.5. The lowest BCUT2D eigenvalue weighted by Gasteiger charge is -2.12. The van der Waals surface area contributed by atoms with Gasteiger partial charge in [0.05, 0.1) is 5.25 Å². The number of carbonyl (C=O) groups is 1. The number of carbonyl (C=O) groups excluding carboxylic acids is 1. The van der Waals surface area contributed by atoms with Gasteiger partial charge in [-0.3, -0.25) is 9.78 Å². The van der Waals surface area contributed by atoms with Crippen LogP contribution < -0.4 is 5.73 Å². The van der Waals surface area contributed by atoms with Gasteiger partial charge in [0.2, 0.25) is 5.91 Å². The molecule has 1 aromatic heterocycles. The number of nitrogens with two attached hydrogens (primary N) is 1. The summed E-state index contributed by atoms with van der Waals surface area (Å²) in [4.78, 5) is 16.5. The molecular formula is C14H13N2OS. The van der Waals surface area contributed by atoms with E-state index in [0.29, 0.717) is 6.42 Å². The zero-order valence-electron chi connectivity index (χ0n) is 9.74. The van der Waals surface area contributed by atoms with Crippen LogP contribution in [0.1, 0.15) is 5.56 Å². The van der Waals surface area contributed by atoms with E-state index in [4.69, 9.17) is 5.73 Å². The molecule has 1 heterocycles. The van der Waals surface area contributed by atoms with Crippen molar-refractivity contribution >= 4 is 17.7 Å². The van der Waals surface area contributed by atoms with Gasteiger partial charge < -0.3 is 5.73 Å². The molecule has 1 unspecified atom stereocenters. The highest BCUT2D eigenvalue weighted by Gasteiger charge is 2.17. The molecular weight excluding hydrogens is 244 g/mol. The van der Waals surface area contributed by atoms with E-state index in [2.05, 4.69) is 11.1 Å². The van der Waals surface area contributed by atoms with Crippen LogP contribution in [0.5, 0.6) is 0 Å². The average molecular weight is 257 g/mol. The second-order valence-corrected chi connectivity index (χ2v) is 5.09. The highest BCUT2D eigenvalue weighted by molar-refractivity contribution is 8.00. The molecule has 0 saturated heterocycles. The Hall–Kier alpha value is -1.81. The summed E-state index contributed by atoms with van der Waals surface area (Å²) in [5.74, 6) is -0.309. The minimum absolute atomic E-state index is 0.281. The van der Waals surface area contributed by atoms with Gasteiger partial charge in [-0.2, -0.15) is 0 Å². The first-order valence-corrected chi connectivity index (χ1v) is 6.44. The lowest BCUT2D eigenvalue weighted by atomic mass is 10.1. The van der Waals surface area contributed by atoms with Gasteiger partial charge >= 0.3 is 0 Å². The predicted octanol–water partition coefficient (Wildman–Crippen LogP) is 2.07. The highest BCUT2D eigenvalue weighted by Crippen LogP contribution is 2.25. The second kappa shape index (κ2) is 6.21. The van der Waals surface area contributed by atoms with Gasteiger partial charge in [0.25, 0.3) is 0 Å². The number of benzene rings is 1. The Morgan fingerprint density at radius 1 is 1.39 bits per heavy atom. The Bertz CT molecular complexity index is 460. The SMILES string of the molecule is NC(=O)C(Cc1cccnc1)Sc1cc[c]cc1. The molecule has 1 atom stereocenters. The van der Waals surface area contributed by atoms with Crippen LogP contribution in [-0.2, 0) is 11.2 Å². The fourth-order valence-electron chi connectivity index (χ4n) is 1.55. The lowest BCUT2D eigenvalue weighted by Crippen LogP contribution is -2.27. The number of primary amides is 1. The quantitative estimate of drug-likeness (QED) is 0.834. The molecule has 18 heavy (non-hydrogen) atoms. The fourth-order valence-corrected chi connectivity index (χ4v) is 2.56. The van der Waals surface area contributed by atoms with Crippen LogP contribution in [0.4, 0.5) is 0 Å². The Morgan fingerprint density at radius 2 is 2.17 bits per heavy atom. The van der Waals surface area contributed by atoms with Crippen molar-refractivity contribution in [1.29, 1.82) is 0 Å². The van der Waals surface area contributed by atoms with Gasteiger partial charge in [-0.05, 0) is 36.2 Å². The molecule has 1 radical (unpaired) electrons. The van der Waals surface area contributed by atoms with E-state index in [-0.39, 0.29) is 11.2 Å². The maximum Gasteiger partial charge on any atom is 0.231 e. The van der Waals surface area contributed by atoms with E-state index >= 15 is 0 Å². The summed E-state index contributed by atoms with van der Waals surface area (Å²) in [7, 11) is 0. The number of hydrogen-bond donors (Lipinski definition) is 1. The van der Waals surface area contributed by atoms with Crippen molar-refractivity contribution in [3.63, 3.8) is 0 Å². The fraction of sp³-hybridized carbons (Fsp3) is 0.143. The zero-order chi connectivity index (χ0) is 12.8. The van der Waals surface area contributed by atoms with Crippen LogP contribution in [-0.4, -0.2) is 16.1 Å². The number of hydrogen-bond acceptors (Lipinski definition) is 3.